The fraction of sp³-hybridized carbons (Fsp3) is 0.556. The summed E-state index contributed by atoms with van der Waals surface area (Å²) < 4.78 is 21.8. The zero-order valence-corrected chi connectivity index (χ0v) is 13.9. The zero-order valence-electron chi connectivity index (χ0n) is 13.9. The molecule has 23 heavy (non-hydrogen) atoms. The maximum atomic E-state index is 14.2. The van der Waals surface area contributed by atoms with Crippen molar-refractivity contribution in [2.45, 2.75) is 32.2 Å². The summed E-state index contributed by atoms with van der Waals surface area (Å²) in [5.74, 6) is 0.0573. The molecule has 2 heterocycles. The largest absolute Gasteiger partial charge is 0.490 e. The molecule has 4 nitrogen and oxygen atoms in total. The van der Waals surface area contributed by atoms with E-state index >= 15 is 0 Å². The Labute approximate surface area is 136 Å². The lowest BCUT2D eigenvalue weighted by Gasteiger charge is -2.22. The molecule has 1 N–H and O–H groups in total. The van der Waals surface area contributed by atoms with Crippen LogP contribution in [0.4, 0.5) is 4.39 Å². The number of aromatic nitrogens is 1. The van der Waals surface area contributed by atoms with Gasteiger partial charge < -0.3 is 14.4 Å². The molecule has 0 amide bonds. The second kappa shape index (κ2) is 6.89. The Morgan fingerprint density at radius 1 is 1.39 bits per heavy atom. The monoisotopic (exact) mass is 320 g/mol. The molecule has 1 aromatic carbocycles. The van der Waals surface area contributed by atoms with Gasteiger partial charge in [0.2, 0.25) is 0 Å². The lowest BCUT2D eigenvalue weighted by atomic mass is 10.1. The number of nitrogens with zero attached hydrogens (tertiary/aromatic N) is 2. The molecule has 1 atom stereocenters. The molecule has 2 aromatic rings. The van der Waals surface area contributed by atoms with Crippen LogP contribution in [0.2, 0.25) is 0 Å². The number of fused-ring (bicyclic) bond motifs is 1. The lowest BCUT2D eigenvalue weighted by Crippen LogP contribution is -2.33. The van der Waals surface area contributed by atoms with Crippen molar-refractivity contribution in [2.75, 3.05) is 26.3 Å². The van der Waals surface area contributed by atoms with Gasteiger partial charge >= 0.3 is 0 Å². The van der Waals surface area contributed by atoms with Crippen molar-refractivity contribution in [2.24, 2.45) is 7.05 Å². The van der Waals surface area contributed by atoms with Gasteiger partial charge in [0.25, 0.3) is 0 Å². The second-order valence-corrected chi connectivity index (χ2v) is 6.23. The molecule has 0 spiro atoms. The maximum Gasteiger partial charge on any atom is 0.165 e. The number of rotatable bonds is 6. The van der Waals surface area contributed by atoms with E-state index in [-0.39, 0.29) is 18.5 Å². The number of aryl methyl sites for hydroxylation is 1. The molecule has 5 heteroatoms. The summed E-state index contributed by atoms with van der Waals surface area (Å²) in [5, 5.41) is 10.3. The van der Waals surface area contributed by atoms with Gasteiger partial charge in [-0.1, -0.05) is 0 Å². The van der Waals surface area contributed by atoms with Gasteiger partial charge in [0, 0.05) is 31.2 Å². The molecule has 0 bridgehead atoms. The molecule has 1 aliphatic rings. The van der Waals surface area contributed by atoms with Crippen LogP contribution in [0.15, 0.2) is 18.3 Å². The molecule has 126 valence electrons. The average molecular weight is 320 g/mol. The van der Waals surface area contributed by atoms with Crippen molar-refractivity contribution in [1.82, 2.24) is 9.47 Å². The molecule has 0 radical (unpaired) electrons. The zero-order chi connectivity index (χ0) is 16.4. The molecule has 0 aliphatic carbocycles. The summed E-state index contributed by atoms with van der Waals surface area (Å²) in [4.78, 5) is 2.33. The first-order valence-electron chi connectivity index (χ1n) is 8.39. The minimum absolute atomic E-state index is 0.217. The van der Waals surface area contributed by atoms with E-state index in [1.165, 1.54) is 6.07 Å². The van der Waals surface area contributed by atoms with Crippen LogP contribution in [0.1, 0.15) is 25.3 Å². The van der Waals surface area contributed by atoms with Crippen molar-refractivity contribution in [1.29, 1.82) is 0 Å². The van der Waals surface area contributed by atoms with Crippen molar-refractivity contribution < 1.29 is 14.2 Å². The molecule has 3 rings (SSSR count). The van der Waals surface area contributed by atoms with E-state index in [9.17, 15) is 9.50 Å². The first-order chi connectivity index (χ1) is 11.2. The van der Waals surface area contributed by atoms with Crippen LogP contribution in [0.3, 0.4) is 0 Å². The predicted octanol–water partition coefficient (Wildman–Crippen LogP) is 2.72. The minimum Gasteiger partial charge on any atom is -0.490 e. The Kier molecular flexibility index (Phi) is 4.87. The number of likely N-dealkylation sites (tertiary alicyclic amines) is 1. The molecule has 1 saturated heterocycles. The number of benzene rings is 1. The van der Waals surface area contributed by atoms with Crippen LogP contribution in [0.5, 0.6) is 5.75 Å². The van der Waals surface area contributed by atoms with E-state index in [1.807, 2.05) is 24.6 Å². The Hall–Kier alpha value is -1.59. The van der Waals surface area contributed by atoms with Gasteiger partial charge in [-0.2, -0.15) is 0 Å². The second-order valence-electron chi connectivity index (χ2n) is 6.23. The van der Waals surface area contributed by atoms with Crippen molar-refractivity contribution in [3.63, 3.8) is 0 Å². The Bertz CT molecular complexity index is 683. The smallest absolute Gasteiger partial charge is 0.165 e. The maximum absolute atomic E-state index is 14.2. The number of hydrogen-bond donors (Lipinski definition) is 1. The van der Waals surface area contributed by atoms with E-state index in [0.29, 0.717) is 12.4 Å². The molecule has 1 fully saturated rings. The van der Waals surface area contributed by atoms with Crippen LogP contribution in [-0.4, -0.2) is 46.9 Å². The molecule has 0 saturated carbocycles. The van der Waals surface area contributed by atoms with Gasteiger partial charge in [-0.3, -0.25) is 4.90 Å². The SMILES string of the molecule is CCOc1c(F)ccc2c1c(CCN1CCCC1CO)cn2C. The molecular weight excluding hydrogens is 295 g/mol. The lowest BCUT2D eigenvalue weighted by molar-refractivity contribution is 0.160. The van der Waals surface area contributed by atoms with E-state index in [0.717, 1.165) is 48.8 Å². The quantitative estimate of drug-likeness (QED) is 0.889. The summed E-state index contributed by atoms with van der Waals surface area (Å²) in [5.41, 5.74) is 2.10. The molecule has 1 aliphatic heterocycles. The number of aliphatic hydroxyl groups excluding tert-OH is 1. The van der Waals surface area contributed by atoms with Crippen LogP contribution >= 0.6 is 0 Å². The summed E-state index contributed by atoms with van der Waals surface area (Å²) in [6.45, 7) is 4.45. The average Bonchev–Trinajstić information content (AvgIpc) is 3.12. The number of halogens is 1. The summed E-state index contributed by atoms with van der Waals surface area (Å²) >= 11 is 0. The van der Waals surface area contributed by atoms with E-state index in [1.54, 1.807) is 0 Å². The topological polar surface area (TPSA) is 37.6 Å². The van der Waals surface area contributed by atoms with Crippen LogP contribution < -0.4 is 4.74 Å². The summed E-state index contributed by atoms with van der Waals surface area (Å²) in [6, 6.07) is 3.55. The van der Waals surface area contributed by atoms with Gasteiger partial charge in [-0.25, -0.2) is 4.39 Å². The van der Waals surface area contributed by atoms with Gasteiger partial charge in [0.05, 0.1) is 18.7 Å². The third-order valence-corrected chi connectivity index (χ3v) is 4.81. The van der Waals surface area contributed by atoms with Gasteiger partial charge in [-0.05, 0) is 50.4 Å². The Morgan fingerprint density at radius 2 is 2.22 bits per heavy atom. The number of aliphatic hydroxyl groups is 1. The van der Waals surface area contributed by atoms with Crippen LogP contribution in [0, 0.1) is 5.82 Å². The summed E-state index contributed by atoms with van der Waals surface area (Å²) in [7, 11) is 1.98. The highest BCUT2D eigenvalue weighted by Gasteiger charge is 2.24. The third-order valence-electron chi connectivity index (χ3n) is 4.81. The number of hydrogen-bond acceptors (Lipinski definition) is 3. The molecular formula is C18H25FN2O2. The normalized spacial score (nSPS) is 18.9. The van der Waals surface area contributed by atoms with Gasteiger partial charge in [-0.15, -0.1) is 0 Å². The third kappa shape index (κ3) is 3.08. The standard InChI is InChI=1S/C18H25FN2O2/c1-3-23-18-15(19)6-7-16-17(18)13(11-20(16)2)8-10-21-9-4-5-14(21)12-22/h6-7,11,14,22H,3-5,8-10,12H2,1-2H3. The van der Waals surface area contributed by atoms with E-state index < -0.39 is 0 Å². The van der Waals surface area contributed by atoms with Gasteiger partial charge in [0.15, 0.2) is 11.6 Å². The molecule has 1 aromatic heterocycles. The number of ether oxygens (including phenoxy) is 1. The highest BCUT2D eigenvalue weighted by Crippen LogP contribution is 2.33. The minimum atomic E-state index is -0.304. The Morgan fingerprint density at radius 3 is 2.96 bits per heavy atom. The summed E-state index contributed by atoms with van der Waals surface area (Å²) in [6.07, 6.45) is 5.10. The fourth-order valence-electron chi connectivity index (χ4n) is 3.65. The van der Waals surface area contributed by atoms with Crippen LogP contribution in [0.25, 0.3) is 10.9 Å². The van der Waals surface area contributed by atoms with E-state index in [4.69, 9.17) is 4.74 Å². The first-order valence-corrected chi connectivity index (χ1v) is 8.39. The highest BCUT2D eigenvalue weighted by molar-refractivity contribution is 5.90. The van der Waals surface area contributed by atoms with E-state index in [2.05, 4.69) is 11.1 Å². The van der Waals surface area contributed by atoms with Crippen LogP contribution in [-0.2, 0) is 13.5 Å². The fourth-order valence-corrected chi connectivity index (χ4v) is 3.65. The first kappa shape index (κ1) is 16.3. The van der Waals surface area contributed by atoms with Gasteiger partial charge in [0.1, 0.15) is 0 Å². The molecule has 1 unspecified atom stereocenters. The highest BCUT2D eigenvalue weighted by atomic mass is 19.1. The Balaban J connectivity index is 1.89. The predicted molar refractivity (Wildman–Crippen MR) is 89.4 cm³/mol. The van der Waals surface area contributed by atoms with Crippen molar-refractivity contribution in [3.05, 3.63) is 29.7 Å². The van der Waals surface area contributed by atoms with Crippen molar-refractivity contribution in [3.8, 4) is 5.75 Å². The van der Waals surface area contributed by atoms with Crippen molar-refractivity contribution >= 4 is 10.9 Å².